The van der Waals surface area contributed by atoms with Crippen LogP contribution in [-0.2, 0) is 10.0 Å². The van der Waals surface area contributed by atoms with E-state index in [2.05, 4.69) is 0 Å². The molecule has 1 N–H and O–H groups in total. The van der Waals surface area contributed by atoms with Gasteiger partial charge in [0.25, 0.3) is 0 Å². The zero-order chi connectivity index (χ0) is 14.5. The number of sulfonamides is 1. The third kappa shape index (κ3) is 3.67. The molecule has 0 radical (unpaired) electrons. The fourth-order valence-corrected chi connectivity index (χ4v) is 3.67. The highest BCUT2D eigenvalue weighted by molar-refractivity contribution is 7.89. The summed E-state index contributed by atoms with van der Waals surface area (Å²) in [5.74, 6) is 0. The quantitative estimate of drug-likeness (QED) is 0.865. The number of hydrogen-bond donors (Lipinski definition) is 1. The van der Waals surface area contributed by atoms with Crippen molar-refractivity contribution in [2.24, 2.45) is 0 Å². The summed E-state index contributed by atoms with van der Waals surface area (Å²) >= 11 is 5.92. The third-order valence-electron chi connectivity index (χ3n) is 2.50. The average Bonchev–Trinajstić information content (AvgIpc) is 2.38. The smallest absolute Gasteiger partial charge is 0.244 e. The second kappa shape index (κ2) is 6.87. The molecule has 0 unspecified atom stereocenters. The number of aliphatic hydroxyl groups excluding tert-OH is 1. The van der Waals surface area contributed by atoms with Gasteiger partial charge < -0.3 is 5.11 Å². The molecule has 7 heteroatoms. The molecule has 104 valence electrons. The molecule has 1 aromatic carbocycles. The van der Waals surface area contributed by atoms with Crippen molar-refractivity contribution in [1.82, 2.24) is 4.31 Å². The Morgan fingerprint density at radius 3 is 2.58 bits per heavy atom. The summed E-state index contributed by atoms with van der Waals surface area (Å²) in [5.41, 5.74) is 0.299. The highest BCUT2D eigenvalue weighted by Crippen LogP contribution is 2.25. The molecule has 0 aliphatic carbocycles. The van der Waals surface area contributed by atoms with Crippen molar-refractivity contribution < 1.29 is 13.5 Å². The molecule has 0 spiro atoms. The molecule has 0 amide bonds. The molecule has 1 aromatic rings. The Bertz CT molecular complexity index is 575. The number of aliphatic hydroxyl groups is 1. The molecular weight excluding hydrogens is 288 g/mol. The van der Waals surface area contributed by atoms with Gasteiger partial charge in [-0.25, -0.2) is 8.42 Å². The number of benzene rings is 1. The van der Waals surface area contributed by atoms with Gasteiger partial charge in [-0.05, 0) is 24.6 Å². The first-order chi connectivity index (χ1) is 8.97. The van der Waals surface area contributed by atoms with Gasteiger partial charge in [-0.1, -0.05) is 18.5 Å². The Morgan fingerprint density at radius 1 is 1.42 bits per heavy atom. The lowest BCUT2D eigenvalue weighted by Crippen LogP contribution is -2.34. The summed E-state index contributed by atoms with van der Waals surface area (Å²) in [6.07, 6.45) is 0.632. The minimum absolute atomic E-state index is 0.0121. The van der Waals surface area contributed by atoms with Gasteiger partial charge in [0.15, 0.2) is 0 Å². The van der Waals surface area contributed by atoms with Crippen LogP contribution in [-0.4, -0.2) is 37.5 Å². The summed E-state index contributed by atoms with van der Waals surface area (Å²) in [5, 5.41) is 17.7. The van der Waals surface area contributed by atoms with E-state index >= 15 is 0 Å². The molecule has 0 heterocycles. The Hall–Kier alpha value is -1.13. The van der Waals surface area contributed by atoms with E-state index in [-0.39, 0.29) is 23.1 Å². The minimum atomic E-state index is -3.75. The number of hydrogen-bond acceptors (Lipinski definition) is 4. The van der Waals surface area contributed by atoms with E-state index in [9.17, 15) is 8.42 Å². The van der Waals surface area contributed by atoms with E-state index in [0.717, 1.165) is 0 Å². The van der Waals surface area contributed by atoms with Gasteiger partial charge in [-0.3, -0.25) is 0 Å². The zero-order valence-corrected chi connectivity index (χ0v) is 12.1. The van der Waals surface area contributed by atoms with E-state index in [1.807, 2.05) is 13.0 Å². The van der Waals surface area contributed by atoms with Crippen molar-refractivity contribution in [3.63, 3.8) is 0 Å². The lowest BCUT2D eigenvalue weighted by Gasteiger charge is -2.21. The van der Waals surface area contributed by atoms with Gasteiger partial charge in [0.2, 0.25) is 10.0 Å². The van der Waals surface area contributed by atoms with Crippen molar-refractivity contribution >= 4 is 21.6 Å². The van der Waals surface area contributed by atoms with Crippen molar-refractivity contribution in [3.05, 3.63) is 28.8 Å². The predicted molar refractivity (Wildman–Crippen MR) is 72.3 cm³/mol. The molecule has 1 rings (SSSR count). The highest BCUT2D eigenvalue weighted by atomic mass is 35.5. The second-order valence-corrected chi connectivity index (χ2v) is 6.20. The van der Waals surface area contributed by atoms with E-state index in [4.69, 9.17) is 22.0 Å². The van der Waals surface area contributed by atoms with Crippen molar-refractivity contribution in [2.45, 2.75) is 18.2 Å². The Kier molecular flexibility index (Phi) is 5.76. The SMILES string of the molecule is CCCN(CCO)S(=O)(=O)c1ccc(C#N)cc1Cl. The van der Waals surface area contributed by atoms with Crippen LogP contribution in [0.3, 0.4) is 0 Å². The molecule has 0 atom stereocenters. The topological polar surface area (TPSA) is 81.4 Å². The summed E-state index contributed by atoms with van der Waals surface area (Å²) in [7, 11) is -3.75. The number of halogens is 1. The summed E-state index contributed by atoms with van der Waals surface area (Å²) in [6.45, 7) is 1.92. The van der Waals surface area contributed by atoms with E-state index in [0.29, 0.717) is 18.5 Å². The van der Waals surface area contributed by atoms with Crippen molar-refractivity contribution in [1.29, 1.82) is 5.26 Å². The predicted octanol–water partition coefficient (Wildman–Crippen LogP) is 1.60. The van der Waals surface area contributed by atoms with Crippen LogP contribution in [0.2, 0.25) is 5.02 Å². The fraction of sp³-hybridized carbons (Fsp3) is 0.417. The van der Waals surface area contributed by atoms with Gasteiger partial charge in [-0.2, -0.15) is 9.57 Å². The molecule has 0 fully saturated rings. The molecule has 0 saturated heterocycles. The first-order valence-electron chi connectivity index (χ1n) is 5.78. The first-order valence-corrected chi connectivity index (χ1v) is 7.59. The standard InChI is InChI=1S/C12H15ClN2O3S/c1-2-5-15(6-7-16)19(17,18)12-4-3-10(9-14)8-11(12)13/h3-4,8,16H,2,5-7H2,1H3. The number of nitriles is 1. The molecule has 0 aliphatic heterocycles. The van der Waals surface area contributed by atoms with Crippen LogP contribution in [0, 0.1) is 11.3 Å². The van der Waals surface area contributed by atoms with E-state index in [1.54, 1.807) is 0 Å². The Morgan fingerprint density at radius 2 is 2.11 bits per heavy atom. The lowest BCUT2D eigenvalue weighted by atomic mass is 10.2. The molecule has 0 aromatic heterocycles. The molecule has 19 heavy (non-hydrogen) atoms. The van der Waals surface area contributed by atoms with E-state index in [1.165, 1.54) is 22.5 Å². The van der Waals surface area contributed by atoms with Crippen LogP contribution in [0.25, 0.3) is 0 Å². The summed E-state index contributed by atoms with van der Waals surface area (Å²) in [6, 6.07) is 5.93. The third-order valence-corrected chi connectivity index (χ3v) is 4.88. The van der Waals surface area contributed by atoms with Gasteiger partial charge in [0, 0.05) is 13.1 Å². The fourth-order valence-electron chi connectivity index (χ4n) is 1.63. The van der Waals surface area contributed by atoms with Crippen LogP contribution in [0.15, 0.2) is 23.1 Å². The maximum Gasteiger partial charge on any atom is 0.244 e. The van der Waals surface area contributed by atoms with Gasteiger partial charge in [-0.15, -0.1) is 0 Å². The van der Waals surface area contributed by atoms with Crippen LogP contribution in [0.4, 0.5) is 0 Å². The maximum absolute atomic E-state index is 12.4. The molecule has 0 saturated carbocycles. The number of rotatable bonds is 6. The Labute approximate surface area is 118 Å². The van der Waals surface area contributed by atoms with Crippen LogP contribution >= 0.6 is 11.6 Å². The largest absolute Gasteiger partial charge is 0.395 e. The summed E-state index contributed by atoms with van der Waals surface area (Å²) < 4.78 is 25.9. The van der Waals surface area contributed by atoms with Crippen LogP contribution in [0.5, 0.6) is 0 Å². The monoisotopic (exact) mass is 302 g/mol. The van der Waals surface area contributed by atoms with Gasteiger partial charge in [0.05, 0.1) is 23.3 Å². The van der Waals surface area contributed by atoms with Crippen LogP contribution < -0.4 is 0 Å². The minimum Gasteiger partial charge on any atom is -0.395 e. The Balaban J connectivity index is 3.22. The van der Waals surface area contributed by atoms with Gasteiger partial charge >= 0.3 is 0 Å². The first kappa shape index (κ1) is 15.9. The van der Waals surface area contributed by atoms with Crippen molar-refractivity contribution in [3.8, 4) is 6.07 Å². The summed E-state index contributed by atoms with van der Waals surface area (Å²) in [4.78, 5) is -0.0462. The molecular formula is C12H15ClN2O3S. The van der Waals surface area contributed by atoms with Crippen LogP contribution in [0.1, 0.15) is 18.9 Å². The highest BCUT2D eigenvalue weighted by Gasteiger charge is 2.25. The van der Waals surface area contributed by atoms with E-state index < -0.39 is 10.0 Å². The normalized spacial score (nSPS) is 11.5. The average molecular weight is 303 g/mol. The molecule has 5 nitrogen and oxygen atoms in total. The zero-order valence-electron chi connectivity index (χ0n) is 10.5. The second-order valence-electron chi connectivity index (χ2n) is 3.88. The maximum atomic E-state index is 12.4. The number of nitrogens with zero attached hydrogens (tertiary/aromatic N) is 2. The molecule has 0 aliphatic rings. The van der Waals surface area contributed by atoms with Gasteiger partial charge in [0.1, 0.15) is 4.90 Å². The lowest BCUT2D eigenvalue weighted by molar-refractivity contribution is 0.253. The molecule has 0 bridgehead atoms. The van der Waals surface area contributed by atoms with Crippen molar-refractivity contribution in [2.75, 3.05) is 19.7 Å².